The van der Waals surface area contributed by atoms with Crippen LogP contribution in [0.4, 0.5) is 5.82 Å². The summed E-state index contributed by atoms with van der Waals surface area (Å²) >= 11 is 0. The summed E-state index contributed by atoms with van der Waals surface area (Å²) in [6, 6.07) is 10.5. The molecular weight excluding hydrogens is 430 g/mol. The molecule has 0 saturated carbocycles. The third-order valence-electron chi connectivity index (χ3n) is 7.55. The Morgan fingerprint density at radius 3 is 2.85 bits per heavy atom. The van der Waals surface area contributed by atoms with Crippen LogP contribution in [0.2, 0.25) is 0 Å². The van der Waals surface area contributed by atoms with Gasteiger partial charge in [-0.15, -0.1) is 0 Å². The smallest absolute Gasteiger partial charge is 0.164 e. The van der Waals surface area contributed by atoms with Crippen LogP contribution in [0, 0.1) is 0 Å². The number of hydrogen-bond acceptors (Lipinski definition) is 7. The Morgan fingerprint density at radius 1 is 1.15 bits per heavy atom. The van der Waals surface area contributed by atoms with Crippen LogP contribution < -0.4 is 5.73 Å². The summed E-state index contributed by atoms with van der Waals surface area (Å²) in [4.78, 5) is 13.2. The van der Waals surface area contributed by atoms with Gasteiger partial charge >= 0.3 is 0 Å². The number of fused-ring (bicyclic) bond motifs is 3. The van der Waals surface area contributed by atoms with E-state index in [0.29, 0.717) is 29.7 Å². The summed E-state index contributed by atoms with van der Waals surface area (Å²) in [6.45, 7) is 4.57. The van der Waals surface area contributed by atoms with Crippen molar-refractivity contribution in [3.05, 3.63) is 59.7 Å². The van der Waals surface area contributed by atoms with E-state index in [-0.39, 0.29) is 5.41 Å². The number of aryl methyl sites for hydroxylation is 2. The Labute approximate surface area is 197 Å². The summed E-state index contributed by atoms with van der Waals surface area (Å²) in [7, 11) is 0. The molecule has 2 aliphatic rings. The van der Waals surface area contributed by atoms with Gasteiger partial charge in [-0.3, -0.25) is 4.98 Å². The third-order valence-corrected chi connectivity index (χ3v) is 7.55. The lowest BCUT2D eigenvalue weighted by molar-refractivity contribution is -0.0364. The highest BCUT2D eigenvalue weighted by Crippen LogP contribution is 2.39. The summed E-state index contributed by atoms with van der Waals surface area (Å²) in [6.07, 6.45) is 3.28. The second-order valence-electron chi connectivity index (χ2n) is 10.2. The van der Waals surface area contributed by atoms with Gasteiger partial charge in [0.1, 0.15) is 30.0 Å². The lowest BCUT2D eigenvalue weighted by atomic mass is 9.86. The number of aliphatic hydroxyl groups excluding tert-OH is 2. The summed E-state index contributed by atoms with van der Waals surface area (Å²) in [5, 5.41) is 23.3. The number of benzene rings is 1. The highest BCUT2D eigenvalue weighted by molar-refractivity contribution is 5.86. The Kier molecular flexibility index (Phi) is 4.88. The van der Waals surface area contributed by atoms with Gasteiger partial charge in [-0.2, -0.15) is 0 Å². The minimum atomic E-state index is -1.07. The van der Waals surface area contributed by atoms with Gasteiger partial charge in [-0.05, 0) is 60.4 Å². The van der Waals surface area contributed by atoms with Gasteiger partial charge in [-0.1, -0.05) is 26.0 Å². The fourth-order valence-corrected chi connectivity index (χ4v) is 5.45. The fraction of sp³-hybridized carbons (Fsp3) is 0.423. The van der Waals surface area contributed by atoms with Crippen molar-refractivity contribution in [2.24, 2.45) is 0 Å². The minimum Gasteiger partial charge on any atom is -0.388 e. The van der Waals surface area contributed by atoms with E-state index in [1.807, 2.05) is 0 Å². The first kappa shape index (κ1) is 21.5. The Bertz CT molecular complexity index is 1400. The molecule has 0 unspecified atom stereocenters. The summed E-state index contributed by atoms with van der Waals surface area (Å²) < 4.78 is 7.83. The predicted molar refractivity (Wildman–Crippen MR) is 129 cm³/mol. The molecule has 8 heteroatoms. The molecule has 0 spiro atoms. The van der Waals surface area contributed by atoms with Crippen molar-refractivity contribution < 1.29 is 14.9 Å². The Hall–Kier alpha value is -3.07. The summed E-state index contributed by atoms with van der Waals surface area (Å²) in [5.41, 5.74) is 11.4. The number of nitrogen functional groups attached to an aromatic ring is 1. The second kappa shape index (κ2) is 7.73. The molecule has 0 bridgehead atoms. The molecule has 3 aromatic heterocycles. The average Bonchev–Trinajstić information content (AvgIpc) is 3.46. The molecule has 4 heterocycles. The average molecular weight is 460 g/mol. The van der Waals surface area contributed by atoms with E-state index in [0.717, 1.165) is 29.3 Å². The standard InChI is InChI=1S/C26H29N5O3/c1-26(2)9-7-18-17(26)12-15-5-3-14(11-19(15)30-18)4-6-20-21(32)22(33)25(34-20)31-10-8-16-23(27)28-13-29-24(16)31/h3,5,8,10-13,20-22,25,32-33H,4,6-7,9H2,1-2H3,(H2,27,28,29)/t20-,21-,22-,25-/m1/s1. The molecule has 34 heavy (non-hydrogen) atoms. The molecule has 4 atom stereocenters. The van der Waals surface area contributed by atoms with Crippen LogP contribution >= 0.6 is 0 Å². The topological polar surface area (TPSA) is 119 Å². The van der Waals surface area contributed by atoms with Crippen molar-refractivity contribution in [1.82, 2.24) is 19.5 Å². The van der Waals surface area contributed by atoms with Crippen molar-refractivity contribution in [3.63, 3.8) is 0 Å². The monoisotopic (exact) mass is 459 g/mol. The molecule has 8 nitrogen and oxygen atoms in total. The van der Waals surface area contributed by atoms with Gasteiger partial charge in [0.05, 0.1) is 17.0 Å². The molecule has 6 rings (SSSR count). The molecule has 1 aromatic carbocycles. The van der Waals surface area contributed by atoms with Gasteiger partial charge in [-0.25, -0.2) is 9.97 Å². The molecule has 1 fully saturated rings. The molecule has 4 N–H and O–H groups in total. The van der Waals surface area contributed by atoms with E-state index in [1.54, 1.807) is 16.8 Å². The number of ether oxygens (including phenoxy) is 1. The third kappa shape index (κ3) is 3.36. The molecule has 4 aromatic rings. The largest absolute Gasteiger partial charge is 0.388 e. The van der Waals surface area contributed by atoms with E-state index in [1.165, 1.54) is 17.6 Å². The lowest BCUT2D eigenvalue weighted by Gasteiger charge is -2.19. The lowest BCUT2D eigenvalue weighted by Crippen LogP contribution is -2.31. The van der Waals surface area contributed by atoms with Crippen LogP contribution in [-0.4, -0.2) is 48.0 Å². The number of hydrogen-bond donors (Lipinski definition) is 3. The quantitative estimate of drug-likeness (QED) is 0.429. The fourth-order valence-electron chi connectivity index (χ4n) is 5.45. The van der Waals surface area contributed by atoms with Crippen molar-refractivity contribution in [2.45, 2.75) is 69.5 Å². The van der Waals surface area contributed by atoms with Gasteiger partial charge in [0.25, 0.3) is 0 Å². The molecule has 1 aliphatic heterocycles. The molecule has 0 radical (unpaired) electrons. The number of nitrogens with two attached hydrogens (primary N) is 1. The van der Waals surface area contributed by atoms with Crippen molar-refractivity contribution >= 4 is 27.8 Å². The number of aromatic nitrogens is 4. The predicted octanol–water partition coefficient (Wildman–Crippen LogP) is 3.04. The molecular formula is C26H29N5O3. The first-order chi connectivity index (χ1) is 16.3. The van der Waals surface area contributed by atoms with Crippen LogP contribution in [0.5, 0.6) is 0 Å². The Balaban J connectivity index is 1.20. The SMILES string of the molecule is CC1(C)CCc2nc3cc(CC[C@H]4O[C@@H](n5ccc6c(N)ncnc65)[C@H](O)[C@@H]4O)ccc3cc21. The second-order valence-corrected chi connectivity index (χ2v) is 10.2. The number of rotatable bonds is 4. The molecule has 1 saturated heterocycles. The van der Waals surface area contributed by atoms with E-state index in [9.17, 15) is 10.2 Å². The normalized spacial score (nSPS) is 25.9. The summed E-state index contributed by atoms with van der Waals surface area (Å²) in [5.74, 6) is 0.368. The number of nitrogens with zero attached hydrogens (tertiary/aromatic N) is 4. The minimum absolute atomic E-state index is 0.186. The van der Waals surface area contributed by atoms with Crippen molar-refractivity contribution in [1.29, 1.82) is 0 Å². The maximum Gasteiger partial charge on any atom is 0.164 e. The molecule has 1 aliphatic carbocycles. The zero-order chi connectivity index (χ0) is 23.6. The number of aliphatic hydroxyl groups is 2. The number of anilines is 1. The van der Waals surface area contributed by atoms with Gasteiger partial charge in [0, 0.05) is 17.3 Å². The Morgan fingerprint density at radius 2 is 2.00 bits per heavy atom. The molecule has 176 valence electrons. The first-order valence-electron chi connectivity index (χ1n) is 11.8. The maximum absolute atomic E-state index is 10.7. The zero-order valence-electron chi connectivity index (χ0n) is 19.3. The van der Waals surface area contributed by atoms with Gasteiger partial charge < -0.3 is 25.3 Å². The highest BCUT2D eigenvalue weighted by Gasteiger charge is 2.43. The van der Waals surface area contributed by atoms with Gasteiger partial charge in [0.2, 0.25) is 0 Å². The maximum atomic E-state index is 10.7. The first-order valence-corrected chi connectivity index (χ1v) is 11.8. The van der Waals surface area contributed by atoms with Crippen molar-refractivity contribution in [2.75, 3.05) is 5.73 Å². The van der Waals surface area contributed by atoms with Crippen LogP contribution in [-0.2, 0) is 23.0 Å². The van der Waals surface area contributed by atoms with E-state index >= 15 is 0 Å². The highest BCUT2D eigenvalue weighted by atomic mass is 16.6. The van der Waals surface area contributed by atoms with Crippen LogP contribution in [0.25, 0.3) is 21.9 Å². The van der Waals surface area contributed by atoms with Crippen LogP contribution in [0.15, 0.2) is 42.9 Å². The zero-order valence-corrected chi connectivity index (χ0v) is 19.3. The number of pyridine rings is 1. The van der Waals surface area contributed by atoms with E-state index < -0.39 is 24.5 Å². The molecule has 0 amide bonds. The van der Waals surface area contributed by atoms with E-state index in [4.69, 9.17) is 15.5 Å². The van der Waals surface area contributed by atoms with Crippen LogP contribution in [0.3, 0.4) is 0 Å². The van der Waals surface area contributed by atoms with E-state index in [2.05, 4.69) is 48.1 Å². The van der Waals surface area contributed by atoms with Gasteiger partial charge in [0.15, 0.2) is 6.23 Å². The van der Waals surface area contributed by atoms with Crippen molar-refractivity contribution in [3.8, 4) is 0 Å². The van der Waals surface area contributed by atoms with Crippen LogP contribution in [0.1, 0.15) is 49.7 Å².